The highest BCUT2D eigenvalue weighted by Gasteiger charge is 2.24. The number of anilines is 2. The van der Waals surface area contributed by atoms with E-state index in [0.717, 1.165) is 11.3 Å². The summed E-state index contributed by atoms with van der Waals surface area (Å²) in [6.45, 7) is 9.77. The molecule has 2 aromatic rings. The lowest BCUT2D eigenvalue weighted by Gasteiger charge is -2.20. The number of fused-ring (bicyclic) bond motifs is 1. The van der Waals surface area contributed by atoms with E-state index in [1.54, 1.807) is 6.07 Å². The molecule has 0 atom stereocenters. The SMILES string of the molecule is [C-]#[N+]c1cnc(N(C)c2ccc3c(c2)COB3C)c(C#N)c1. The second-order valence-electron chi connectivity index (χ2n) is 5.18. The van der Waals surface area contributed by atoms with E-state index in [4.69, 9.17) is 11.2 Å². The molecule has 1 aromatic heterocycles. The van der Waals surface area contributed by atoms with Gasteiger partial charge >= 0.3 is 6.92 Å². The minimum atomic E-state index is 0.125. The van der Waals surface area contributed by atoms with Crippen LogP contribution in [0.5, 0.6) is 0 Å². The zero-order valence-electron chi connectivity index (χ0n) is 12.4. The summed E-state index contributed by atoms with van der Waals surface area (Å²) in [6, 6.07) is 9.78. The van der Waals surface area contributed by atoms with Gasteiger partial charge in [0.05, 0.1) is 18.7 Å². The summed E-state index contributed by atoms with van der Waals surface area (Å²) in [5.41, 5.74) is 4.06. The van der Waals surface area contributed by atoms with Gasteiger partial charge in [0.25, 0.3) is 0 Å². The van der Waals surface area contributed by atoms with Gasteiger partial charge in [0, 0.05) is 18.9 Å². The Morgan fingerprint density at radius 3 is 3.00 bits per heavy atom. The second kappa shape index (κ2) is 5.52. The zero-order valence-corrected chi connectivity index (χ0v) is 12.4. The van der Waals surface area contributed by atoms with Crippen LogP contribution in [0.4, 0.5) is 17.2 Å². The van der Waals surface area contributed by atoms with Crippen LogP contribution in [-0.4, -0.2) is 18.9 Å². The van der Waals surface area contributed by atoms with Crippen LogP contribution in [0, 0.1) is 17.9 Å². The number of aromatic nitrogens is 1. The Hall–Kier alpha value is -2.83. The van der Waals surface area contributed by atoms with Crippen LogP contribution in [-0.2, 0) is 11.3 Å². The fourth-order valence-electron chi connectivity index (χ4n) is 2.61. The minimum Gasteiger partial charge on any atom is -0.427 e. The van der Waals surface area contributed by atoms with E-state index in [9.17, 15) is 5.26 Å². The number of nitrogens with zero attached hydrogens (tertiary/aromatic N) is 4. The van der Waals surface area contributed by atoms with Gasteiger partial charge in [0.15, 0.2) is 0 Å². The summed E-state index contributed by atoms with van der Waals surface area (Å²) >= 11 is 0. The Labute approximate surface area is 129 Å². The van der Waals surface area contributed by atoms with Crippen LogP contribution in [0.1, 0.15) is 11.1 Å². The quantitative estimate of drug-likeness (QED) is 0.629. The molecule has 106 valence electrons. The highest BCUT2D eigenvalue weighted by atomic mass is 16.4. The minimum absolute atomic E-state index is 0.125. The maximum atomic E-state index is 9.28. The molecule has 0 bridgehead atoms. The fourth-order valence-corrected chi connectivity index (χ4v) is 2.61. The van der Waals surface area contributed by atoms with Gasteiger partial charge in [-0.3, -0.25) is 0 Å². The van der Waals surface area contributed by atoms with Crippen molar-refractivity contribution in [1.29, 1.82) is 5.26 Å². The second-order valence-corrected chi connectivity index (χ2v) is 5.18. The molecule has 6 heteroatoms. The van der Waals surface area contributed by atoms with E-state index in [2.05, 4.69) is 28.0 Å². The smallest absolute Gasteiger partial charge is 0.324 e. The van der Waals surface area contributed by atoms with Gasteiger partial charge in [0.2, 0.25) is 5.69 Å². The molecule has 0 saturated carbocycles. The van der Waals surface area contributed by atoms with E-state index in [-0.39, 0.29) is 6.92 Å². The predicted octanol–water partition coefficient (Wildman–Crippen LogP) is 2.63. The lowest BCUT2D eigenvalue weighted by molar-refractivity contribution is 0.333. The molecule has 1 aliphatic rings. The number of hydrogen-bond acceptors (Lipinski definition) is 4. The zero-order chi connectivity index (χ0) is 15.7. The van der Waals surface area contributed by atoms with Crippen LogP contribution in [0.2, 0.25) is 6.82 Å². The number of benzene rings is 1. The summed E-state index contributed by atoms with van der Waals surface area (Å²) in [7, 11) is 1.86. The van der Waals surface area contributed by atoms with Crippen molar-refractivity contribution in [3.63, 3.8) is 0 Å². The summed E-state index contributed by atoms with van der Waals surface area (Å²) in [5.74, 6) is 0.543. The van der Waals surface area contributed by atoms with Gasteiger partial charge in [-0.15, -0.1) is 0 Å². The lowest BCUT2D eigenvalue weighted by atomic mass is 9.64. The molecule has 22 heavy (non-hydrogen) atoms. The van der Waals surface area contributed by atoms with Gasteiger partial charge in [0.1, 0.15) is 11.9 Å². The monoisotopic (exact) mass is 288 g/mol. The van der Waals surface area contributed by atoms with Gasteiger partial charge < -0.3 is 9.55 Å². The van der Waals surface area contributed by atoms with Crippen LogP contribution in [0.3, 0.4) is 0 Å². The van der Waals surface area contributed by atoms with Gasteiger partial charge in [-0.05, 0) is 29.2 Å². The Kier molecular flexibility index (Phi) is 3.54. The van der Waals surface area contributed by atoms with E-state index in [0.29, 0.717) is 23.7 Å². The molecular weight excluding hydrogens is 275 g/mol. The van der Waals surface area contributed by atoms with E-state index in [1.807, 2.05) is 24.8 Å². The van der Waals surface area contributed by atoms with Gasteiger partial charge in [-0.1, -0.05) is 12.9 Å². The molecule has 3 rings (SSSR count). The van der Waals surface area contributed by atoms with Crippen molar-refractivity contribution in [2.45, 2.75) is 13.4 Å². The Morgan fingerprint density at radius 1 is 1.45 bits per heavy atom. The third-order valence-corrected chi connectivity index (χ3v) is 3.86. The number of pyridine rings is 1. The van der Waals surface area contributed by atoms with Gasteiger partial charge in [-0.25, -0.2) is 9.83 Å². The summed E-state index contributed by atoms with van der Waals surface area (Å²) in [5, 5.41) is 9.28. The predicted molar refractivity (Wildman–Crippen MR) is 85.8 cm³/mol. The van der Waals surface area contributed by atoms with Crippen molar-refractivity contribution < 1.29 is 4.65 Å². The maximum Gasteiger partial charge on any atom is 0.324 e. The average molecular weight is 288 g/mol. The van der Waals surface area contributed by atoms with Crippen molar-refractivity contribution in [2.75, 3.05) is 11.9 Å². The summed E-state index contributed by atoms with van der Waals surface area (Å²) in [6.07, 6.45) is 1.48. The molecule has 1 aromatic carbocycles. The number of rotatable bonds is 2. The molecule has 5 nitrogen and oxygen atoms in total. The van der Waals surface area contributed by atoms with Crippen LogP contribution < -0.4 is 10.4 Å². The molecule has 0 N–H and O–H groups in total. The molecule has 0 aliphatic carbocycles. The maximum absolute atomic E-state index is 9.28. The van der Waals surface area contributed by atoms with Crippen molar-refractivity contribution in [3.8, 4) is 6.07 Å². The first-order chi connectivity index (χ1) is 10.6. The van der Waals surface area contributed by atoms with Crippen molar-refractivity contribution >= 4 is 29.6 Å². The molecule has 0 fully saturated rings. The third-order valence-electron chi connectivity index (χ3n) is 3.86. The van der Waals surface area contributed by atoms with Crippen LogP contribution in [0.15, 0.2) is 30.5 Å². The van der Waals surface area contributed by atoms with Gasteiger partial charge in [-0.2, -0.15) is 5.26 Å². The molecule has 0 spiro atoms. The van der Waals surface area contributed by atoms with E-state index < -0.39 is 0 Å². The summed E-state index contributed by atoms with van der Waals surface area (Å²) in [4.78, 5) is 9.43. The van der Waals surface area contributed by atoms with E-state index >= 15 is 0 Å². The number of hydrogen-bond donors (Lipinski definition) is 0. The van der Waals surface area contributed by atoms with Crippen molar-refractivity contribution in [3.05, 3.63) is 53.0 Å². The van der Waals surface area contributed by atoms with Crippen molar-refractivity contribution in [1.82, 2.24) is 4.98 Å². The third kappa shape index (κ3) is 2.30. The van der Waals surface area contributed by atoms with E-state index in [1.165, 1.54) is 11.7 Å². The first-order valence-electron chi connectivity index (χ1n) is 6.90. The molecular formula is C16H13BN4O. The number of nitriles is 1. The highest BCUT2D eigenvalue weighted by molar-refractivity contribution is 6.67. The first kappa shape index (κ1) is 14.1. The largest absolute Gasteiger partial charge is 0.427 e. The molecule has 1 aliphatic heterocycles. The standard InChI is InChI=1S/C16H13BN4O/c1-17-15-5-4-14(7-12(15)10-22-17)21(3)16-11(8-18)6-13(19-2)9-20-16/h4-7,9H,10H2,1,3H3. The molecule has 2 heterocycles. The van der Waals surface area contributed by atoms with Crippen LogP contribution >= 0.6 is 0 Å². The average Bonchev–Trinajstić information content (AvgIpc) is 2.94. The lowest BCUT2D eigenvalue weighted by Crippen LogP contribution is -2.24. The Morgan fingerprint density at radius 2 is 2.27 bits per heavy atom. The van der Waals surface area contributed by atoms with Crippen LogP contribution in [0.25, 0.3) is 4.85 Å². The molecule has 0 unspecified atom stereocenters. The normalized spacial score (nSPS) is 12.5. The topological polar surface area (TPSA) is 53.5 Å². The molecule has 0 radical (unpaired) electrons. The molecule has 0 amide bonds. The first-order valence-corrected chi connectivity index (χ1v) is 6.90. The van der Waals surface area contributed by atoms with Crippen molar-refractivity contribution in [2.24, 2.45) is 0 Å². The molecule has 0 saturated heterocycles. The fraction of sp³-hybridized carbons (Fsp3) is 0.188. The highest BCUT2D eigenvalue weighted by Crippen LogP contribution is 2.28. The Balaban J connectivity index is 2.00. The Bertz CT molecular complexity index is 822. The summed E-state index contributed by atoms with van der Waals surface area (Å²) < 4.78 is 5.62.